The molecule has 0 saturated heterocycles. The van der Waals surface area contributed by atoms with E-state index in [1.807, 2.05) is 17.5 Å². The third kappa shape index (κ3) is 3.38. The van der Waals surface area contributed by atoms with Crippen molar-refractivity contribution in [2.45, 2.75) is 6.54 Å². The molecule has 0 fully saturated rings. The summed E-state index contributed by atoms with van der Waals surface area (Å²) in [5, 5.41) is 11.7. The van der Waals surface area contributed by atoms with Crippen molar-refractivity contribution in [2.24, 2.45) is 0 Å². The molecule has 0 spiro atoms. The first-order valence-corrected chi connectivity index (χ1v) is 8.09. The van der Waals surface area contributed by atoms with Gasteiger partial charge in [0.2, 0.25) is 0 Å². The van der Waals surface area contributed by atoms with Gasteiger partial charge in [0.05, 0.1) is 24.2 Å². The fourth-order valence-electron chi connectivity index (χ4n) is 2.13. The number of nitrogens with one attached hydrogen (secondary N) is 2. The number of carbonyl (C=O) groups is 1. The maximum absolute atomic E-state index is 11.8. The predicted octanol–water partition coefficient (Wildman–Crippen LogP) is 2.78. The zero-order valence-electron chi connectivity index (χ0n) is 13.2. The summed E-state index contributed by atoms with van der Waals surface area (Å²) >= 11 is 1.54. The van der Waals surface area contributed by atoms with E-state index in [1.165, 1.54) is 11.3 Å². The molecule has 24 heavy (non-hydrogen) atoms. The van der Waals surface area contributed by atoms with E-state index < -0.39 is 0 Å². The fraction of sp³-hybridized carbons (Fsp3) is 0.188. The Bertz CT molecular complexity index is 830. The van der Waals surface area contributed by atoms with Gasteiger partial charge in [0, 0.05) is 12.6 Å². The molecule has 124 valence electrons. The Labute approximate surface area is 142 Å². The maximum Gasteiger partial charge on any atom is 0.268 e. The van der Waals surface area contributed by atoms with Gasteiger partial charge in [-0.15, -0.1) is 11.3 Å². The minimum atomic E-state index is -0.166. The van der Waals surface area contributed by atoms with Gasteiger partial charge in [0.15, 0.2) is 5.82 Å². The van der Waals surface area contributed by atoms with E-state index >= 15 is 0 Å². The molecule has 2 N–H and O–H groups in total. The number of amides is 1. The number of aromatic nitrogens is 2. The molecular formula is C16H16N4O3S. The highest BCUT2D eigenvalue weighted by Gasteiger charge is 2.12. The van der Waals surface area contributed by atoms with Gasteiger partial charge in [0.1, 0.15) is 5.75 Å². The average Bonchev–Trinajstić information content (AvgIpc) is 3.30. The lowest BCUT2D eigenvalue weighted by Crippen LogP contribution is -2.18. The van der Waals surface area contributed by atoms with Crippen LogP contribution >= 0.6 is 11.3 Å². The molecule has 0 atom stereocenters. The van der Waals surface area contributed by atoms with E-state index in [1.54, 1.807) is 32.4 Å². The van der Waals surface area contributed by atoms with Gasteiger partial charge in [0.25, 0.3) is 11.8 Å². The van der Waals surface area contributed by atoms with Crippen molar-refractivity contribution < 1.29 is 14.1 Å². The van der Waals surface area contributed by atoms with Crippen LogP contribution in [-0.2, 0) is 6.54 Å². The van der Waals surface area contributed by atoms with Gasteiger partial charge in [-0.1, -0.05) is 11.2 Å². The maximum atomic E-state index is 11.8. The second-order valence-electron chi connectivity index (χ2n) is 4.84. The normalized spacial score (nSPS) is 10.4. The molecule has 1 aromatic carbocycles. The van der Waals surface area contributed by atoms with Crippen LogP contribution in [0.4, 0.5) is 5.69 Å². The van der Waals surface area contributed by atoms with Crippen molar-refractivity contribution in [3.05, 3.63) is 47.1 Å². The molecule has 0 aliphatic rings. The Kier molecular flexibility index (Phi) is 4.76. The van der Waals surface area contributed by atoms with Crippen molar-refractivity contribution >= 4 is 22.9 Å². The van der Waals surface area contributed by atoms with Gasteiger partial charge >= 0.3 is 0 Å². The Morgan fingerprint density at radius 1 is 1.38 bits per heavy atom. The monoisotopic (exact) mass is 344 g/mol. The third-order valence-electron chi connectivity index (χ3n) is 3.33. The highest BCUT2D eigenvalue weighted by atomic mass is 32.1. The quantitative estimate of drug-likeness (QED) is 0.715. The first kappa shape index (κ1) is 16.0. The molecule has 3 rings (SSSR count). The van der Waals surface area contributed by atoms with Crippen LogP contribution < -0.4 is 15.4 Å². The van der Waals surface area contributed by atoms with Gasteiger partial charge < -0.3 is 19.9 Å². The summed E-state index contributed by atoms with van der Waals surface area (Å²) < 4.78 is 10.6. The summed E-state index contributed by atoms with van der Waals surface area (Å²) in [6.45, 7) is 0.350. The summed E-state index contributed by atoms with van der Waals surface area (Å²) in [6.07, 6.45) is 0. The van der Waals surface area contributed by atoms with E-state index in [0.29, 0.717) is 35.3 Å². The number of benzene rings is 1. The molecule has 2 aromatic heterocycles. The highest BCUT2D eigenvalue weighted by Crippen LogP contribution is 2.26. The molecule has 0 unspecified atom stereocenters. The topological polar surface area (TPSA) is 89.3 Å². The number of hydrogen-bond acceptors (Lipinski definition) is 7. The lowest BCUT2D eigenvalue weighted by atomic mass is 10.1. The van der Waals surface area contributed by atoms with Gasteiger partial charge in [-0.05, 0) is 29.6 Å². The Balaban J connectivity index is 1.75. The van der Waals surface area contributed by atoms with Crippen LogP contribution in [0, 0.1) is 0 Å². The summed E-state index contributed by atoms with van der Waals surface area (Å²) in [5.74, 6) is 1.48. The second-order valence-corrected chi connectivity index (χ2v) is 5.79. The minimum absolute atomic E-state index is 0.166. The van der Waals surface area contributed by atoms with Crippen LogP contribution in [0.5, 0.6) is 5.75 Å². The summed E-state index contributed by atoms with van der Waals surface area (Å²) in [6, 6.07) is 9.01. The Hall–Kier alpha value is -2.87. The molecule has 3 aromatic rings. The SMILES string of the molecule is CNC(=O)c1ccc(OC)c(NCc2noc(-c3cccs3)n2)c1. The number of anilines is 1. The van der Waals surface area contributed by atoms with Crippen LogP contribution in [0.15, 0.2) is 40.2 Å². The van der Waals surface area contributed by atoms with Gasteiger partial charge in [-0.25, -0.2) is 0 Å². The molecule has 8 heteroatoms. The number of methoxy groups -OCH3 is 1. The molecule has 7 nitrogen and oxygen atoms in total. The predicted molar refractivity (Wildman–Crippen MR) is 91.3 cm³/mol. The first-order chi connectivity index (χ1) is 11.7. The third-order valence-corrected chi connectivity index (χ3v) is 4.18. The molecule has 2 heterocycles. The van der Waals surface area contributed by atoms with Crippen LogP contribution in [0.3, 0.4) is 0 Å². The number of hydrogen-bond donors (Lipinski definition) is 2. The minimum Gasteiger partial charge on any atom is -0.495 e. The van der Waals surface area contributed by atoms with Crippen molar-refractivity contribution in [3.8, 4) is 16.5 Å². The average molecular weight is 344 g/mol. The van der Waals surface area contributed by atoms with Crippen molar-refractivity contribution in [1.29, 1.82) is 0 Å². The number of rotatable bonds is 6. The lowest BCUT2D eigenvalue weighted by molar-refractivity contribution is 0.0963. The van der Waals surface area contributed by atoms with E-state index in [4.69, 9.17) is 9.26 Å². The molecule has 0 saturated carbocycles. The summed E-state index contributed by atoms with van der Waals surface area (Å²) in [5.41, 5.74) is 1.22. The molecule has 0 aliphatic heterocycles. The molecule has 1 amide bonds. The molecule has 0 bridgehead atoms. The van der Waals surface area contributed by atoms with Crippen LogP contribution in [0.25, 0.3) is 10.8 Å². The fourth-order valence-corrected chi connectivity index (χ4v) is 2.78. The van der Waals surface area contributed by atoms with E-state index in [-0.39, 0.29) is 5.91 Å². The van der Waals surface area contributed by atoms with Crippen LogP contribution in [0.2, 0.25) is 0 Å². The molecule has 0 aliphatic carbocycles. The highest BCUT2D eigenvalue weighted by molar-refractivity contribution is 7.13. The standard InChI is InChI=1S/C16H16N4O3S/c1-17-15(21)10-5-6-12(22-2)11(8-10)18-9-14-19-16(23-20-14)13-4-3-7-24-13/h3-8,18H,9H2,1-2H3,(H,17,21). The van der Waals surface area contributed by atoms with Crippen molar-refractivity contribution in [3.63, 3.8) is 0 Å². The smallest absolute Gasteiger partial charge is 0.268 e. The number of nitrogens with zero attached hydrogens (tertiary/aromatic N) is 2. The van der Waals surface area contributed by atoms with Crippen LogP contribution in [-0.4, -0.2) is 30.2 Å². The van der Waals surface area contributed by atoms with Crippen molar-refractivity contribution in [1.82, 2.24) is 15.5 Å². The van der Waals surface area contributed by atoms with E-state index in [9.17, 15) is 4.79 Å². The number of ether oxygens (including phenoxy) is 1. The summed E-state index contributed by atoms with van der Waals surface area (Å²) in [7, 11) is 3.16. The second kappa shape index (κ2) is 7.14. The van der Waals surface area contributed by atoms with Gasteiger partial charge in [-0.2, -0.15) is 4.98 Å². The van der Waals surface area contributed by atoms with Crippen LogP contribution in [0.1, 0.15) is 16.2 Å². The number of carbonyl (C=O) groups excluding carboxylic acids is 1. The summed E-state index contributed by atoms with van der Waals surface area (Å²) in [4.78, 5) is 17.0. The van der Waals surface area contributed by atoms with Gasteiger partial charge in [-0.3, -0.25) is 4.79 Å². The largest absolute Gasteiger partial charge is 0.495 e. The number of thiophene rings is 1. The zero-order chi connectivity index (χ0) is 16.9. The lowest BCUT2D eigenvalue weighted by Gasteiger charge is -2.11. The first-order valence-electron chi connectivity index (χ1n) is 7.21. The van der Waals surface area contributed by atoms with Crippen molar-refractivity contribution in [2.75, 3.05) is 19.5 Å². The molecule has 0 radical (unpaired) electrons. The Morgan fingerprint density at radius 3 is 2.96 bits per heavy atom. The van der Waals surface area contributed by atoms with E-state index in [2.05, 4.69) is 20.8 Å². The zero-order valence-corrected chi connectivity index (χ0v) is 14.0. The Morgan fingerprint density at radius 2 is 2.25 bits per heavy atom. The molecular weight excluding hydrogens is 328 g/mol. The van der Waals surface area contributed by atoms with E-state index in [0.717, 1.165) is 4.88 Å².